The van der Waals surface area contributed by atoms with E-state index in [4.69, 9.17) is 12.2 Å². The third-order valence-corrected chi connectivity index (χ3v) is 3.70. The summed E-state index contributed by atoms with van der Waals surface area (Å²) in [7, 11) is 1.82. The first-order valence-corrected chi connectivity index (χ1v) is 7.39. The van der Waals surface area contributed by atoms with E-state index in [-0.39, 0.29) is 12.5 Å². The van der Waals surface area contributed by atoms with Gasteiger partial charge in [0.1, 0.15) is 0 Å². The Morgan fingerprint density at radius 3 is 2.55 bits per heavy atom. The summed E-state index contributed by atoms with van der Waals surface area (Å²) < 4.78 is 0. The highest BCUT2D eigenvalue weighted by molar-refractivity contribution is 7.80. The maximum absolute atomic E-state index is 11.7. The number of carbonyl (C=O) groups is 1. The number of carbonyl (C=O) groups excluding carboxylic acids is 1. The fraction of sp³-hybridized carbons (Fsp3) is 0.467. The lowest BCUT2D eigenvalue weighted by Gasteiger charge is -2.20. The SMILES string of the molecule is CCc1ccc(NC(=S)N(C)CC(=O)NC2CC2)cc1. The Morgan fingerprint density at radius 1 is 1.35 bits per heavy atom. The van der Waals surface area contributed by atoms with Gasteiger partial charge in [-0.25, -0.2) is 0 Å². The topological polar surface area (TPSA) is 44.4 Å². The van der Waals surface area contributed by atoms with Crippen molar-refractivity contribution in [2.24, 2.45) is 0 Å². The first-order valence-electron chi connectivity index (χ1n) is 6.99. The molecule has 0 bridgehead atoms. The van der Waals surface area contributed by atoms with Crippen molar-refractivity contribution in [3.05, 3.63) is 29.8 Å². The Morgan fingerprint density at radius 2 is 2.00 bits per heavy atom. The van der Waals surface area contributed by atoms with Gasteiger partial charge in [-0.3, -0.25) is 4.79 Å². The van der Waals surface area contributed by atoms with Crippen LogP contribution in [0.4, 0.5) is 5.69 Å². The number of likely N-dealkylation sites (N-methyl/N-ethyl adjacent to an activating group) is 1. The van der Waals surface area contributed by atoms with Gasteiger partial charge in [-0.05, 0) is 49.2 Å². The smallest absolute Gasteiger partial charge is 0.239 e. The molecule has 0 aromatic heterocycles. The molecule has 0 unspecified atom stereocenters. The van der Waals surface area contributed by atoms with Crippen LogP contribution in [0.5, 0.6) is 0 Å². The predicted molar refractivity (Wildman–Crippen MR) is 85.8 cm³/mol. The van der Waals surface area contributed by atoms with Gasteiger partial charge in [0.2, 0.25) is 5.91 Å². The average Bonchev–Trinajstić information content (AvgIpc) is 3.23. The number of amides is 1. The Labute approximate surface area is 125 Å². The van der Waals surface area contributed by atoms with E-state index in [0.29, 0.717) is 11.2 Å². The lowest BCUT2D eigenvalue weighted by Crippen LogP contribution is -2.40. The summed E-state index contributed by atoms with van der Waals surface area (Å²) in [6, 6.07) is 8.54. The standard InChI is InChI=1S/C15H21N3OS/c1-3-11-4-6-13(7-5-11)17-15(20)18(2)10-14(19)16-12-8-9-12/h4-7,12H,3,8-10H2,1-2H3,(H,16,19)(H,17,20). The van der Waals surface area contributed by atoms with Gasteiger partial charge in [0.05, 0.1) is 6.54 Å². The van der Waals surface area contributed by atoms with Crippen LogP contribution < -0.4 is 10.6 Å². The van der Waals surface area contributed by atoms with Crippen LogP contribution in [-0.4, -0.2) is 35.6 Å². The molecule has 0 saturated heterocycles. The molecular formula is C15H21N3OS. The molecule has 1 aromatic rings. The molecule has 0 aliphatic heterocycles. The molecular weight excluding hydrogens is 270 g/mol. The maximum Gasteiger partial charge on any atom is 0.239 e. The van der Waals surface area contributed by atoms with Gasteiger partial charge in [0.25, 0.3) is 0 Å². The summed E-state index contributed by atoms with van der Waals surface area (Å²) in [6.45, 7) is 2.41. The fourth-order valence-corrected chi connectivity index (χ4v) is 2.01. The molecule has 1 aliphatic carbocycles. The van der Waals surface area contributed by atoms with Gasteiger partial charge in [0, 0.05) is 18.8 Å². The van der Waals surface area contributed by atoms with E-state index < -0.39 is 0 Å². The number of aryl methyl sites for hydroxylation is 1. The number of nitrogens with zero attached hydrogens (tertiary/aromatic N) is 1. The third-order valence-electron chi connectivity index (χ3n) is 3.28. The maximum atomic E-state index is 11.7. The molecule has 1 aromatic carbocycles. The highest BCUT2D eigenvalue weighted by Gasteiger charge is 2.23. The van der Waals surface area contributed by atoms with Crippen LogP contribution in [0.25, 0.3) is 0 Å². The predicted octanol–water partition coefficient (Wildman–Crippen LogP) is 2.16. The molecule has 4 nitrogen and oxygen atoms in total. The number of nitrogens with one attached hydrogen (secondary N) is 2. The van der Waals surface area contributed by atoms with Crippen LogP contribution in [0.15, 0.2) is 24.3 Å². The molecule has 5 heteroatoms. The minimum atomic E-state index is 0.0282. The molecule has 108 valence electrons. The van der Waals surface area contributed by atoms with Gasteiger partial charge in [-0.2, -0.15) is 0 Å². The zero-order chi connectivity index (χ0) is 14.5. The van der Waals surface area contributed by atoms with Gasteiger partial charge in [0.15, 0.2) is 5.11 Å². The Kier molecular flexibility index (Phi) is 4.95. The fourth-order valence-electron chi connectivity index (χ4n) is 1.83. The summed E-state index contributed by atoms with van der Waals surface area (Å²) in [5.74, 6) is 0.0282. The molecule has 0 atom stereocenters. The molecule has 2 N–H and O–H groups in total. The van der Waals surface area contributed by atoms with Crippen LogP contribution in [0.2, 0.25) is 0 Å². The Bertz CT molecular complexity index is 482. The average molecular weight is 291 g/mol. The van der Waals surface area contributed by atoms with Crippen molar-refractivity contribution in [1.29, 1.82) is 0 Å². The van der Waals surface area contributed by atoms with E-state index in [1.165, 1.54) is 5.56 Å². The molecule has 1 amide bonds. The van der Waals surface area contributed by atoms with Crippen LogP contribution in [0, 0.1) is 0 Å². The van der Waals surface area contributed by atoms with E-state index in [1.807, 2.05) is 19.2 Å². The Hall–Kier alpha value is -1.62. The lowest BCUT2D eigenvalue weighted by atomic mass is 10.1. The summed E-state index contributed by atoms with van der Waals surface area (Å²) >= 11 is 5.30. The van der Waals surface area contributed by atoms with Crippen molar-refractivity contribution in [3.8, 4) is 0 Å². The molecule has 2 rings (SSSR count). The number of benzene rings is 1. The van der Waals surface area contributed by atoms with Gasteiger partial charge < -0.3 is 15.5 Å². The summed E-state index contributed by atoms with van der Waals surface area (Å²) in [5.41, 5.74) is 2.24. The van der Waals surface area contributed by atoms with Crippen molar-refractivity contribution in [2.75, 3.05) is 18.9 Å². The van der Waals surface area contributed by atoms with Gasteiger partial charge in [-0.15, -0.1) is 0 Å². The molecule has 1 fully saturated rings. The zero-order valence-corrected chi connectivity index (χ0v) is 12.8. The van der Waals surface area contributed by atoms with E-state index >= 15 is 0 Å². The largest absolute Gasteiger partial charge is 0.352 e. The van der Waals surface area contributed by atoms with Crippen LogP contribution in [0.1, 0.15) is 25.3 Å². The second-order valence-corrected chi connectivity index (χ2v) is 5.57. The van der Waals surface area contributed by atoms with Gasteiger partial charge in [-0.1, -0.05) is 19.1 Å². The van der Waals surface area contributed by atoms with Crippen molar-refractivity contribution >= 4 is 28.9 Å². The molecule has 1 saturated carbocycles. The summed E-state index contributed by atoms with van der Waals surface area (Å²) in [5, 5.41) is 6.65. The molecule has 0 spiro atoms. The molecule has 0 radical (unpaired) electrons. The first kappa shape index (κ1) is 14.8. The van der Waals surface area contributed by atoms with E-state index in [0.717, 1.165) is 24.9 Å². The number of hydrogen-bond acceptors (Lipinski definition) is 2. The van der Waals surface area contributed by atoms with Crippen LogP contribution in [0.3, 0.4) is 0 Å². The Balaban J connectivity index is 1.81. The minimum absolute atomic E-state index is 0.0282. The van der Waals surface area contributed by atoms with E-state index in [9.17, 15) is 4.79 Å². The number of anilines is 1. The van der Waals surface area contributed by atoms with Crippen molar-refractivity contribution in [1.82, 2.24) is 10.2 Å². The van der Waals surface area contributed by atoms with Crippen molar-refractivity contribution < 1.29 is 4.79 Å². The van der Waals surface area contributed by atoms with E-state index in [2.05, 4.69) is 29.7 Å². The van der Waals surface area contributed by atoms with Crippen molar-refractivity contribution in [2.45, 2.75) is 32.2 Å². The van der Waals surface area contributed by atoms with Crippen LogP contribution >= 0.6 is 12.2 Å². The monoisotopic (exact) mass is 291 g/mol. The molecule has 1 aliphatic rings. The van der Waals surface area contributed by atoms with Crippen molar-refractivity contribution in [3.63, 3.8) is 0 Å². The second kappa shape index (κ2) is 6.70. The van der Waals surface area contributed by atoms with Gasteiger partial charge >= 0.3 is 0 Å². The quantitative estimate of drug-likeness (QED) is 0.816. The summed E-state index contributed by atoms with van der Waals surface area (Å²) in [6.07, 6.45) is 3.22. The highest BCUT2D eigenvalue weighted by atomic mass is 32.1. The number of thiocarbonyl (C=S) groups is 1. The number of hydrogen-bond donors (Lipinski definition) is 2. The first-order chi connectivity index (χ1) is 9.58. The summed E-state index contributed by atoms with van der Waals surface area (Å²) in [4.78, 5) is 13.5. The normalized spacial score (nSPS) is 13.7. The second-order valence-electron chi connectivity index (χ2n) is 5.18. The molecule has 20 heavy (non-hydrogen) atoms. The highest BCUT2D eigenvalue weighted by Crippen LogP contribution is 2.18. The third kappa shape index (κ3) is 4.49. The number of rotatable bonds is 5. The molecule has 0 heterocycles. The van der Waals surface area contributed by atoms with E-state index in [1.54, 1.807) is 4.90 Å². The van der Waals surface area contributed by atoms with Crippen LogP contribution in [-0.2, 0) is 11.2 Å². The minimum Gasteiger partial charge on any atom is -0.352 e. The lowest BCUT2D eigenvalue weighted by molar-refractivity contribution is -0.121. The zero-order valence-electron chi connectivity index (χ0n) is 12.0.